The number of carbonyl (C=O) groups is 1. The first-order valence-electron chi connectivity index (χ1n) is 9.97. The molecule has 0 unspecified atom stereocenters. The highest BCUT2D eigenvalue weighted by atomic mass is 19.1. The number of halogens is 1. The van der Waals surface area contributed by atoms with Crippen LogP contribution in [-0.2, 0) is 22.4 Å². The molecule has 0 radical (unpaired) electrons. The first-order chi connectivity index (χ1) is 14.6. The second-order valence-electron chi connectivity index (χ2n) is 6.73. The standard InChI is InChI=1S/C23H26FN3O3/c1-3-21-20(13-14-22(28)25-15-16-29-2)23(30-19-11-9-17(24)10-12-19)27(26-21)18-7-5-4-6-8-18/h4-12H,3,13-16H2,1-2H3,(H,25,28). The van der Waals surface area contributed by atoms with Crippen LogP contribution in [-0.4, -0.2) is 35.9 Å². The summed E-state index contributed by atoms with van der Waals surface area (Å²) in [6, 6.07) is 15.5. The molecule has 0 aliphatic heterocycles. The number of amides is 1. The van der Waals surface area contributed by atoms with E-state index in [1.54, 1.807) is 23.9 Å². The number of para-hydroxylation sites is 1. The van der Waals surface area contributed by atoms with E-state index >= 15 is 0 Å². The Morgan fingerprint density at radius 2 is 1.87 bits per heavy atom. The van der Waals surface area contributed by atoms with Crippen molar-refractivity contribution in [3.63, 3.8) is 0 Å². The first-order valence-corrected chi connectivity index (χ1v) is 9.97. The quantitative estimate of drug-likeness (QED) is 0.511. The first kappa shape index (κ1) is 21.5. The summed E-state index contributed by atoms with van der Waals surface area (Å²) in [6.07, 6.45) is 1.47. The number of aryl methyl sites for hydroxylation is 1. The van der Waals surface area contributed by atoms with Crippen molar-refractivity contribution in [2.75, 3.05) is 20.3 Å². The molecule has 1 amide bonds. The lowest BCUT2D eigenvalue weighted by atomic mass is 10.1. The van der Waals surface area contributed by atoms with Crippen LogP contribution in [0.5, 0.6) is 11.6 Å². The van der Waals surface area contributed by atoms with Crippen LogP contribution in [0.4, 0.5) is 4.39 Å². The zero-order chi connectivity index (χ0) is 21.3. The summed E-state index contributed by atoms with van der Waals surface area (Å²) in [6.45, 7) is 2.95. The van der Waals surface area contributed by atoms with Crippen molar-refractivity contribution in [2.45, 2.75) is 26.2 Å². The van der Waals surface area contributed by atoms with Crippen LogP contribution >= 0.6 is 0 Å². The summed E-state index contributed by atoms with van der Waals surface area (Å²) < 4.78 is 26.2. The van der Waals surface area contributed by atoms with Gasteiger partial charge in [0.1, 0.15) is 11.6 Å². The smallest absolute Gasteiger partial charge is 0.226 e. The second kappa shape index (κ2) is 10.5. The summed E-state index contributed by atoms with van der Waals surface area (Å²) >= 11 is 0. The maximum absolute atomic E-state index is 13.3. The van der Waals surface area contributed by atoms with E-state index in [0.717, 1.165) is 16.9 Å². The summed E-state index contributed by atoms with van der Waals surface area (Å²) in [4.78, 5) is 12.2. The van der Waals surface area contributed by atoms with Crippen molar-refractivity contribution < 1.29 is 18.7 Å². The molecule has 2 aromatic carbocycles. The summed E-state index contributed by atoms with van der Waals surface area (Å²) in [5.41, 5.74) is 2.58. The van der Waals surface area contributed by atoms with E-state index in [2.05, 4.69) is 5.32 Å². The Kier molecular flexibility index (Phi) is 7.57. The monoisotopic (exact) mass is 411 g/mol. The average Bonchev–Trinajstić information content (AvgIpc) is 3.12. The third-order valence-corrected chi connectivity index (χ3v) is 4.61. The SMILES string of the molecule is CCc1nn(-c2ccccc2)c(Oc2ccc(F)cc2)c1CCC(=O)NCCOC. The Morgan fingerprint density at radius 3 is 2.53 bits per heavy atom. The molecule has 0 spiro atoms. The molecule has 3 aromatic rings. The van der Waals surface area contributed by atoms with Crippen molar-refractivity contribution in [3.05, 3.63) is 71.7 Å². The molecular weight excluding hydrogens is 385 g/mol. The van der Waals surface area contributed by atoms with E-state index in [4.69, 9.17) is 14.6 Å². The normalized spacial score (nSPS) is 10.8. The van der Waals surface area contributed by atoms with Gasteiger partial charge in [0.15, 0.2) is 0 Å². The van der Waals surface area contributed by atoms with Crippen LogP contribution in [0, 0.1) is 5.82 Å². The van der Waals surface area contributed by atoms with E-state index in [0.29, 0.717) is 44.0 Å². The minimum absolute atomic E-state index is 0.0608. The molecule has 0 atom stereocenters. The third kappa shape index (κ3) is 5.45. The highest BCUT2D eigenvalue weighted by molar-refractivity contribution is 5.76. The number of nitrogens with zero attached hydrogens (tertiary/aromatic N) is 2. The summed E-state index contributed by atoms with van der Waals surface area (Å²) in [5, 5.41) is 7.56. The van der Waals surface area contributed by atoms with Crippen molar-refractivity contribution in [1.29, 1.82) is 0 Å². The number of hydrogen-bond acceptors (Lipinski definition) is 4. The van der Waals surface area contributed by atoms with Gasteiger partial charge in [-0.3, -0.25) is 4.79 Å². The van der Waals surface area contributed by atoms with Crippen LogP contribution in [0.2, 0.25) is 0 Å². The van der Waals surface area contributed by atoms with Crippen LogP contribution < -0.4 is 10.1 Å². The topological polar surface area (TPSA) is 65.4 Å². The van der Waals surface area contributed by atoms with Gasteiger partial charge in [0.25, 0.3) is 0 Å². The Morgan fingerprint density at radius 1 is 1.13 bits per heavy atom. The largest absolute Gasteiger partial charge is 0.439 e. The predicted molar refractivity (Wildman–Crippen MR) is 113 cm³/mol. The van der Waals surface area contributed by atoms with E-state index < -0.39 is 0 Å². The average molecular weight is 411 g/mol. The van der Waals surface area contributed by atoms with Gasteiger partial charge in [-0.2, -0.15) is 5.10 Å². The fourth-order valence-corrected chi connectivity index (χ4v) is 3.10. The van der Waals surface area contributed by atoms with Crippen molar-refractivity contribution in [1.82, 2.24) is 15.1 Å². The molecule has 0 aliphatic rings. The van der Waals surface area contributed by atoms with Gasteiger partial charge in [0.05, 0.1) is 18.0 Å². The molecule has 30 heavy (non-hydrogen) atoms. The van der Waals surface area contributed by atoms with Crippen LogP contribution in [0.25, 0.3) is 5.69 Å². The van der Waals surface area contributed by atoms with Gasteiger partial charge in [-0.25, -0.2) is 9.07 Å². The van der Waals surface area contributed by atoms with Crippen LogP contribution in [0.1, 0.15) is 24.6 Å². The maximum atomic E-state index is 13.3. The van der Waals surface area contributed by atoms with Crippen molar-refractivity contribution in [3.8, 4) is 17.3 Å². The Labute approximate surface area is 175 Å². The molecule has 0 aliphatic carbocycles. The molecule has 1 aromatic heterocycles. The number of methoxy groups -OCH3 is 1. The minimum atomic E-state index is -0.332. The maximum Gasteiger partial charge on any atom is 0.226 e. The highest BCUT2D eigenvalue weighted by Gasteiger charge is 2.21. The molecule has 7 heteroatoms. The van der Waals surface area contributed by atoms with E-state index in [1.807, 2.05) is 37.3 Å². The lowest BCUT2D eigenvalue weighted by molar-refractivity contribution is -0.121. The molecule has 1 N–H and O–H groups in total. The molecule has 3 rings (SSSR count). The molecule has 6 nitrogen and oxygen atoms in total. The van der Waals surface area contributed by atoms with Gasteiger partial charge in [-0.15, -0.1) is 0 Å². The van der Waals surface area contributed by atoms with Crippen LogP contribution in [0.3, 0.4) is 0 Å². The molecule has 0 bridgehead atoms. The number of rotatable bonds is 10. The predicted octanol–water partition coefficient (Wildman–Crippen LogP) is 4.06. The van der Waals surface area contributed by atoms with Crippen molar-refractivity contribution in [2.24, 2.45) is 0 Å². The number of ether oxygens (including phenoxy) is 2. The number of carbonyl (C=O) groups excluding carboxylic acids is 1. The van der Waals surface area contributed by atoms with Gasteiger partial charge in [0, 0.05) is 25.6 Å². The molecule has 0 fully saturated rings. The molecule has 158 valence electrons. The Hall–Kier alpha value is -3.19. The zero-order valence-corrected chi connectivity index (χ0v) is 17.2. The van der Waals surface area contributed by atoms with Gasteiger partial charge in [0.2, 0.25) is 11.8 Å². The van der Waals surface area contributed by atoms with Gasteiger partial charge >= 0.3 is 0 Å². The van der Waals surface area contributed by atoms with Crippen molar-refractivity contribution >= 4 is 5.91 Å². The number of benzene rings is 2. The lowest BCUT2D eigenvalue weighted by Gasteiger charge is -2.12. The fourth-order valence-electron chi connectivity index (χ4n) is 3.10. The molecular formula is C23H26FN3O3. The molecule has 0 saturated heterocycles. The second-order valence-corrected chi connectivity index (χ2v) is 6.73. The number of aromatic nitrogens is 2. The molecule has 1 heterocycles. The minimum Gasteiger partial charge on any atom is -0.439 e. The molecule has 0 saturated carbocycles. The number of nitrogens with one attached hydrogen (secondary N) is 1. The highest BCUT2D eigenvalue weighted by Crippen LogP contribution is 2.32. The summed E-state index contributed by atoms with van der Waals surface area (Å²) in [7, 11) is 1.59. The van der Waals surface area contributed by atoms with Gasteiger partial charge in [-0.05, 0) is 49.2 Å². The van der Waals surface area contributed by atoms with E-state index in [-0.39, 0.29) is 11.7 Å². The zero-order valence-electron chi connectivity index (χ0n) is 17.2. The van der Waals surface area contributed by atoms with Gasteiger partial charge < -0.3 is 14.8 Å². The Balaban J connectivity index is 1.91. The van der Waals surface area contributed by atoms with E-state index in [9.17, 15) is 9.18 Å². The lowest BCUT2D eigenvalue weighted by Crippen LogP contribution is -2.27. The summed E-state index contributed by atoms with van der Waals surface area (Å²) in [5.74, 6) is 0.645. The third-order valence-electron chi connectivity index (χ3n) is 4.61. The van der Waals surface area contributed by atoms with Gasteiger partial charge in [-0.1, -0.05) is 25.1 Å². The Bertz CT molecular complexity index is 956. The fraction of sp³-hybridized carbons (Fsp3) is 0.304. The number of hydrogen-bond donors (Lipinski definition) is 1. The van der Waals surface area contributed by atoms with Crippen LogP contribution in [0.15, 0.2) is 54.6 Å². The van der Waals surface area contributed by atoms with E-state index in [1.165, 1.54) is 12.1 Å².